The van der Waals surface area contributed by atoms with Crippen molar-refractivity contribution in [1.82, 2.24) is 10.6 Å². The molecule has 1 fully saturated rings. The van der Waals surface area contributed by atoms with Gasteiger partial charge in [0.25, 0.3) is 0 Å². The standard InChI is InChI=1S/C14H21N3O2/c1-3-19-13-7-5-4-6-11(13)17-14(18)12-9-15-10(2)8-16-12/h4-7,10,12,15-16H,3,8-9H2,1-2H3,(H,17,18). The number of carbonyl (C=O) groups excluding carboxylic acids is 1. The third-order valence-electron chi connectivity index (χ3n) is 3.10. The third-order valence-corrected chi connectivity index (χ3v) is 3.10. The van der Waals surface area contributed by atoms with Gasteiger partial charge in [0.05, 0.1) is 18.3 Å². The maximum Gasteiger partial charge on any atom is 0.242 e. The maximum absolute atomic E-state index is 12.2. The summed E-state index contributed by atoms with van der Waals surface area (Å²) >= 11 is 0. The van der Waals surface area contributed by atoms with Crippen LogP contribution in [-0.2, 0) is 4.79 Å². The van der Waals surface area contributed by atoms with E-state index in [1.807, 2.05) is 31.2 Å². The van der Waals surface area contributed by atoms with E-state index in [-0.39, 0.29) is 11.9 Å². The van der Waals surface area contributed by atoms with Gasteiger partial charge in [0.15, 0.2) is 0 Å². The molecule has 2 rings (SSSR count). The monoisotopic (exact) mass is 263 g/mol. The Morgan fingerprint density at radius 1 is 1.37 bits per heavy atom. The summed E-state index contributed by atoms with van der Waals surface area (Å²) in [6.45, 7) is 6.03. The number of hydrogen-bond donors (Lipinski definition) is 3. The minimum atomic E-state index is -0.203. The van der Waals surface area contributed by atoms with Gasteiger partial charge in [-0.25, -0.2) is 0 Å². The number of benzene rings is 1. The van der Waals surface area contributed by atoms with Crippen LogP contribution in [0.3, 0.4) is 0 Å². The van der Waals surface area contributed by atoms with E-state index in [2.05, 4.69) is 22.9 Å². The summed E-state index contributed by atoms with van der Waals surface area (Å²) in [5.41, 5.74) is 0.717. The van der Waals surface area contributed by atoms with Crippen molar-refractivity contribution in [3.8, 4) is 5.75 Å². The van der Waals surface area contributed by atoms with E-state index >= 15 is 0 Å². The molecule has 5 heteroatoms. The van der Waals surface area contributed by atoms with E-state index in [4.69, 9.17) is 4.74 Å². The number of para-hydroxylation sites is 2. The first-order chi connectivity index (χ1) is 9.20. The topological polar surface area (TPSA) is 62.4 Å². The first-order valence-electron chi connectivity index (χ1n) is 6.70. The van der Waals surface area contributed by atoms with Gasteiger partial charge in [-0.1, -0.05) is 12.1 Å². The molecule has 1 aromatic rings. The zero-order valence-electron chi connectivity index (χ0n) is 11.4. The van der Waals surface area contributed by atoms with Crippen molar-refractivity contribution in [3.05, 3.63) is 24.3 Å². The van der Waals surface area contributed by atoms with Gasteiger partial charge in [-0.3, -0.25) is 4.79 Å². The van der Waals surface area contributed by atoms with E-state index < -0.39 is 0 Å². The molecular weight excluding hydrogens is 242 g/mol. The van der Waals surface area contributed by atoms with E-state index in [9.17, 15) is 4.79 Å². The van der Waals surface area contributed by atoms with Crippen molar-refractivity contribution in [2.75, 3.05) is 25.0 Å². The number of nitrogens with one attached hydrogen (secondary N) is 3. The van der Waals surface area contributed by atoms with Crippen LogP contribution in [0.25, 0.3) is 0 Å². The molecule has 19 heavy (non-hydrogen) atoms. The maximum atomic E-state index is 12.2. The van der Waals surface area contributed by atoms with Crippen LogP contribution in [0, 0.1) is 0 Å². The first-order valence-corrected chi connectivity index (χ1v) is 6.70. The summed E-state index contributed by atoms with van der Waals surface area (Å²) < 4.78 is 5.49. The second kappa shape index (κ2) is 6.54. The van der Waals surface area contributed by atoms with Gasteiger partial charge in [0.1, 0.15) is 5.75 Å². The van der Waals surface area contributed by atoms with Crippen LogP contribution in [0.5, 0.6) is 5.75 Å². The normalized spacial score (nSPS) is 22.8. The summed E-state index contributed by atoms with van der Waals surface area (Å²) in [5, 5.41) is 9.42. The van der Waals surface area contributed by atoms with Gasteiger partial charge in [0, 0.05) is 19.1 Å². The van der Waals surface area contributed by atoms with E-state index in [0.29, 0.717) is 24.9 Å². The average molecular weight is 263 g/mol. The third kappa shape index (κ3) is 3.68. The fourth-order valence-corrected chi connectivity index (χ4v) is 2.04. The lowest BCUT2D eigenvalue weighted by Crippen LogP contribution is -2.57. The number of hydrogen-bond acceptors (Lipinski definition) is 4. The lowest BCUT2D eigenvalue weighted by atomic mass is 10.1. The highest BCUT2D eigenvalue weighted by Crippen LogP contribution is 2.23. The summed E-state index contributed by atoms with van der Waals surface area (Å²) in [5.74, 6) is 0.669. The van der Waals surface area contributed by atoms with Gasteiger partial charge >= 0.3 is 0 Å². The molecule has 0 bridgehead atoms. The van der Waals surface area contributed by atoms with E-state index in [1.54, 1.807) is 0 Å². The highest BCUT2D eigenvalue weighted by Gasteiger charge is 2.23. The zero-order valence-corrected chi connectivity index (χ0v) is 11.4. The van der Waals surface area contributed by atoms with Crippen LogP contribution in [0.1, 0.15) is 13.8 Å². The van der Waals surface area contributed by atoms with E-state index in [1.165, 1.54) is 0 Å². The van der Waals surface area contributed by atoms with Crippen LogP contribution >= 0.6 is 0 Å². The predicted octanol–water partition coefficient (Wildman–Crippen LogP) is 0.974. The molecule has 5 nitrogen and oxygen atoms in total. The molecule has 1 amide bonds. The Labute approximate surface area is 113 Å². The lowest BCUT2D eigenvalue weighted by Gasteiger charge is -2.28. The smallest absolute Gasteiger partial charge is 0.242 e. The minimum absolute atomic E-state index is 0.0356. The quantitative estimate of drug-likeness (QED) is 0.757. The zero-order chi connectivity index (χ0) is 13.7. The Hall–Kier alpha value is -1.59. The molecule has 0 aromatic heterocycles. The number of anilines is 1. The van der Waals surface area contributed by atoms with Gasteiger partial charge in [-0.05, 0) is 26.0 Å². The summed E-state index contributed by atoms with van der Waals surface area (Å²) in [7, 11) is 0. The Balaban J connectivity index is 1.98. The van der Waals surface area contributed by atoms with Crippen LogP contribution in [-0.4, -0.2) is 37.7 Å². The average Bonchev–Trinajstić information content (AvgIpc) is 2.42. The summed E-state index contributed by atoms with van der Waals surface area (Å²) in [6.07, 6.45) is 0. The van der Waals surface area contributed by atoms with Crippen molar-refractivity contribution in [1.29, 1.82) is 0 Å². The number of ether oxygens (including phenoxy) is 1. The Morgan fingerprint density at radius 2 is 2.16 bits per heavy atom. The van der Waals surface area contributed by atoms with Crippen molar-refractivity contribution in [2.45, 2.75) is 25.9 Å². The Kier molecular flexibility index (Phi) is 4.76. The first kappa shape index (κ1) is 13.8. The van der Waals surface area contributed by atoms with E-state index in [0.717, 1.165) is 12.2 Å². The molecule has 0 radical (unpaired) electrons. The molecule has 1 saturated heterocycles. The number of amides is 1. The van der Waals surface area contributed by atoms with Gasteiger partial charge in [-0.2, -0.15) is 0 Å². The number of rotatable bonds is 4. The van der Waals surface area contributed by atoms with Crippen molar-refractivity contribution < 1.29 is 9.53 Å². The molecule has 1 aliphatic rings. The van der Waals surface area contributed by atoms with Crippen molar-refractivity contribution >= 4 is 11.6 Å². The molecule has 0 aliphatic carbocycles. The molecule has 0 spiro atoms. The van der Waals surface area contributed by atoms with Gasteiger partial charge in [-0.15, -0.1) is 0 Å². The predicted molar refractivity (Wildman–Crippen MR) is 75.5 cm³/mol. The van der Waals surface area contributed by atoms with Crippen molar-refractivity contribution in [2.24, 2.45) is 0 Å². The largest absolute Gasteiger partial charge is 0.492 e. The summed E-state index contributed by atoms with van der Waals surface area (Å²) in [4.78, 5) is 12.2. The lowest BCUT2D eigenvalue weighted by molar-refractivity contribution is -0.118. The van der Waals surface area contributed by atoms with Crippen LogP contribution in [0.15, 0.2) is 24.3 Å². The molecule has 1 aliphatic heterocycles. The highest BCUT2D eigenvalue weighted by molar-refractivity contribution is 5.96. The summed E-state index contributed by atoms with van der Waals surface area (Å²) in [6, 6.07) is 7.68. The second-order valence-electron chi connectivity index (χ2n) is 4.69. The highest BCUT2D eigenvalue weighted by atomic mass is 16.5. The fourth-order valence-electron chi connectivity index (χ4n) is 2.04. The minimum Gasteiger partial charge on any atom is -0.492 e. The Bertz CT molecular complexity index is 428. The van der Waals surface area contributed by atoms with Crippen LogP contribution in [0.2, 0.25) is 0 Å². The van der Waals surface area contributed by atoms with Crippen LogP contribution in [0.4, 0.5) is 5.69 Å². The molecule has 104 valence electrons. The molecule has 2 atom stereocenters. The van der Waals surface area contributed by atoms with Gasteiger partial charge < -0.3 is 20.7 Å². The molecular formula is C14H21N3O2. The second-order valence-corrected chi connectivity index (χ2v) is 4.69. The SMILES string of the molecule is CCOc1ccccc1NC(=O)C1CNC(C)CN1. The van der Waals surface area contributed by atoms with Crippen molar-refractivity contribution in [3.63, 3.8) is 0 Å². The molecule has 3 N–H and O–H groups in total. The molecule has 2 unspecified atom stereocenters. The molecule has 1 aromatic carbocycles. The molecule has 0 saturated carbocycles. The van der Waals surface area contributed by atoms with Crippen LogP contribution < -0.4 is 20.7 Å². The molecule has 1 heterocycles. The fraction of sp³-hybridized carbons (Fsp3) is 0.500. The number of carbonyl (C=O) groups is 1. The van der Waals surface area contributed by atoms with Gasteiger partial charge in [0.2, 0.25) is 5.91 Å². The number of piperazine rings is 1. The Morgan fingerprint density at radius 3 is 2.84 bits per heavy atom.